The predicted octanol–water partition coefficient (Wildman–Crippen LogP) is 3.36. The van der Waals surface area contributed by atoms with Gasteiger partial charge in [-0.25, -0.2) is 0 Å². The van der Waals surface area contributed by atoms with Gasteiger partial charge < -0.3 is 15.4 Å². The number of carbonyl (C=O) groups excluding carboxylic acids is 2. The minimum absolute atomic E-state index is 0.0982. The molecule has 26 heavy (non-hydrogen) atoms. The first kappa shape index (κ1) is 19.9. The number of nitrogens with zero attached hydrogens (tertiary/aromatic N) is 1. The topological polar surface area (TPSA) is 70.7 Å². The van der Waals surface area contributed by atoms with Crippen molar-refractivity contribution in [2.75, 3.05) is 31.3 Å². The van der Waals surface area contributed by atoms with Crippen molar-refractivity contribution < 1.29 is 14.3 Å². The monoisotopic (exact) mass is 419 g/mol. The van der Waals surface area contributed by atoms with Gasteiger partial charge in [0.05, 0.1) is 19.7 Å². The Morgan fingerprint density at radius 2 is 1.58 bits per heavy atom. The maximum absolute atomic E-state index is 12.3. The van der Waals surface area contributed by atoms with Gasteiger partial charge in [0.2, 0.25) is 11.8 Å². The van der Waals surface area contributed by atoms with Crippen molar-refractivity contribution in [1.29, 1.82) is 0 Å². The third kappa shape index (κ3) is 5.86. The molecule has 2 amide bonds. The second-order valence-electron chi connectivity index (χ2n) is 5.86. The Hall–Kier alpha value is -2.38. The van der Waals surface area contributed by atoms with Gasteiger partial charge in [0, 0.05) is 15.8 Å². The average Bonchev–Trinajstić information content (AvgIpc) is 2.63. The second kappa shape index (κ2) is 9.35. The van der Waals surface area contributed by atoms with Gasteiger partial charge in [-0.15, -0.1) is 0 Å². The summed E-state index contributed by atoms with van der Waals surface area (Å²) in [6.07, 6.45) is 0. The zero-order valence-corrected chi connectivity index (χ0v) is 16.5. The summed E-state index contributed by atoms with van der Waals surface area (Å²) in [6, 6.07) is 13.9. The summed E-state index contributed by atoms with van der Waals surface area (Å²) in [7, 11) is 3.32. The van der Waals surface area contributed by atoms with Crippen LogP contribution in [0.15, 0.2) is 53.0 Å². The lowest BCUT2D eigenvalue weighted by Gasteiger charge is -2.23. The highest BCUT2D eigenvalue weighted by molar-refractivity contribution is 9.10. The number of nitrogens with one attached hydrogen (secondary N) is 2. The summed E-state index contributed by atoms with van der Waals surface area (Å²) in [4.78, 5) is 26.2. The smallest absolute Gasteiger partial charge is 0.241 e. The highest BCUT2D eigenvalue weighted by Gasteiger charge is 2.20. The zero-order valence-electron chi connectivity index (χ0n) is 15.0. The molecule has 6 nitrogen and oxygen atoms in total. The number of halogens is 1. The fourth-order valence-electron chi connectivity index (χ4n) is 2.22. The number of carbonyl (C=O) groups is 2. The van der Waals surface area contributed by atoms with Gasteiger partial charge in [-0.2, -0.15) is 0 Å². The van der Waals surface area contributed by atoms with Gasteiger partial charge in [0.1, 0.15) is 5.75 Å². The molecule has 2 rings (SSSR count). The molecule has 1 unspecified atom stereocenters. The second-order valence-corrected chi connectivity index (χ2v) is 6.78. The van der Waals surface area contributed by atoms with Crippen LogP contribution in [0.2, 0.25) is 0 Å². The van der Waals surface area contributed by atoms with E-state index in [1.807, 2.05) is 24.3 Å². The lowest BCUT2D eigenvalue weighted by molar-refractivity contribution is -0.122. The normalized spacial score (nSPS) is 11.7. The molecule has 0 aliphatic rings. The van der Waals surface area contributed by atoms with Crippen LogP contribution in [0.25, 0.3) is 0 Å². The van der Waals surface area contributed by atoms with Crippen LogP contribution < -0.4 is 15.4 Å². The number of hydrogen-bond donors (Lipinski definition) is 2. The van der Waals surface area contributed by atoms with E-state index < -0.39 is 6.04 Å². The summed E-state index contributed by atoms with van der Waals surface area (Å²) >= 11 is 3.35. The van der Waals surface area contributed by atoms with E-state index in [0.29, 0.717) is 11.4 Å². The van der Waals surface area contributed by atoms with Crippen molar-refractivity contribution in [3.63, 3.8) is 0 Å². The van der Waals surface area contributed by atoms with E-state index in [4.69, 9.17) is 4.74 Å². The highest BCUT2D eigenvalue weighted by atomic mass is 79.9. The Morgan fingerprint density at radius 3 is 2.15 bits per heavy atom. The van der Waals surface area contributed by atoms with Crippen LogP contribution in [-0.2, 0) is 9.59 Å². The molecule has 2 aromatic rings. The van der Waals surface area contributed by atoms with Crippen molar-refractivity contribution in [3.05, 3.63) is 53.0 Å². The van der Waals surface area contributed by atoms with Crippen LogP contribution in [-0.4, -0.2) is 43.5 Å². The predicted molar refractivity (Wildman–Crippen MR) is 106 cm³/mol. The maximum atomic E-state index is 12.3. The van der Waals surface area contributed by atoms with Crippen LogP contribution in [0.5, 0.6) is 5.75 Å². The van der Waals surface area contributed by atoms with E-state index in [1.54, 1.807) is 50.2 Å². The first-order valence-corrected chi connectivity index (χ1v) is 8.89. The molecule has 0 saturated heterocycles. The SMILES string of the molecule is COc1ccc(NC(=O)CN(C)C(C)C(=O)Nc2ccc(Br)cc2)cc1. The van der Waals surface area contributed by atoms with E-state index in [1.165, 1.54) is 0 Å². The third-order valence-electron chi connectivity index (χ3n) is 3.92. The number of rotatable bonds is 7. The van der Waals surface area contributed by atoms with E-state index in [-0.39, 0.29) is 18.4 Å². The number of ether oxygens (including phenoxy) is 1. The lowest BCUT2D eigenvalue weighted by Crippen LogP contribution is -2.43. The van der Waals surface area contributed by atoms with Gasteiger partial charge in [-0.3, -0.25) is 14.5 Å². The first-order valence-electron chi connectivity index (χ1n) is 8.09. The Morgan fingerprint density at radius 1 is 1.04 bits per heavy atom. The molecular formula is C19H22BrN3O3. The van der Waals surface area contributed by atoms with Gasteiger partial charge in [-0.05, 0) is 62.5 Å². The van der Waals surface area contributed by atoms with E-state index >= 15 is 0 Å². The quantitative estimate of drug-likeness (QED) is 0.721. The minimum Gasteiger partial charge on any atom is -0.497 e. The fourth-order valence-corrected chi connectivity index (χ4v) is 2.48. The number of likely N-dealkylation sites (N-methyl/N-ethyl adjacent to an activating group) is 1. The summed E-state index contributed by atoms with van der Waals surface area (Å²) in [5.41, 5.74) is 1.39. The van der Waals surface area contributed by atoms with Crippen molar-refractivity contribution in [2.24, 2.45) is 0 Å². The molecule has 0 saturated carbocycles. The van der Waals surface area contributed by atoms with Crippen molar-refractivity contribution in [2.45, 2.75) is 13.0 Å². The molecule has 2 aromatic carbocycles. The van der Waals surface area contributed by atoms with E-state index in [0.717, 1.165) is 10.2 Å². The summed E-state index contributed by atoms with van der Waals surface area (Å²) < 4.78 is 6.02. The molecule has 0 spiro atoms. The molecule has 138 valence electrons. The van der Waals surface area contributed by atoms with Crippen LogP contribution in [0.3, 0.4) is 0 Å². The van der Waals surface area contributed by atoms with Crippen molar-refractivity contribution >= 4 is 39.1 Å². The van der Waals surface area contributed by atoms with Gasteiger partial charge >= 0.3 is 0 Å². The number of methoxy groups -OCH3 is 1. The highest BCUT2D eigenvalue weighted by Crippen LogP contribution is 2.16. The van der Waals surface area contributed by atoms with Gasteiger partial charge in [0.15, 0.2) is 0 Å². The average molecular weight is 420 g/mol. The Balaban J connectivity index is 1.86. The molecule has 0 bridgehead atoms. The summed E-state index contributed by atoms with van der Waals surface area (Å²) in [5, 5.41) is 5.64. The summed E-state index contributed by atoms with van der Waals surface area (Å²) in [6.45, 7) is 1.86. The van der Waals surface area contributed by atoms with Crippen LogP contribution in [0.4, 0.5) is 11.4 Å². The third-order valence-corrected chi connectivity index (χ3v) is 4.45. The molecule has 2 N–H and O–H groups in total. The number of amides is 2. The maximum Gasteiger partial charge on any atom is 0.241 e. The van der Waals surface area contributed by atoms with Crippen LogP contribution in [0.1, 0.15) is 6.92 Å². The standard InChI is InChI=1S/C19H22BrN3O3/c1-13(19(25)22-16-6-4-14(20)5-7-16)23(2)12-18(24)21-15-8-10-17(26-3)11-9-15/h4-11,13H,12H2,1-3H3,(H,21,24)(H,22,25). The Bertz CT molecular complexity index is 748. The molecular weight excluding hydrogens is 398 g/mol. The van der Waals surface area contributed by atoms with Crippen molar-refractivity contribution in [3.8, 4) is 5.75 Å². The molecule has 0 aromatic heterocycles. The van der Waals surface area contributed by atoms with Gasteiger partial charge in [-0.1, -0.05) is 15.9 Å². The summed E-state index contributed by atoms with van der Waals surface area (Å²) in [5.74, 6) is 0.353. The zero-order chi connectivity index (χ0) is 19.1. The molecule has 0 aliphatic carbocycles. The Kier molecular flexibility index (Phi) is 7.17. The molecule has 1 atom stereocenters. The van der Waals surface area contributed by atoms with Crippen LogP contribution >= 0.6 is 15.9 Å². The molecule has 0 heterocycles. The van der Waals surface area contributed by atoms with Gasteiger partial charge in [0.25, 0.3) is 0 Å². The lowest BCUT2D eigenvalue weighted by atomic mass is 10.2. The minimum atomic E-state index is -0.458. The Labute approximate surface area is 161 Å². The van der Waals surface area contributed by atoms with E-state index in [9.17, 15) is 9.59 Å². The number of anilines is 2. The van der Waals surface area contributed by atoms with E-state index in [2.05, 4.69) is 26.6 Å². The van der Waals surface area contributed by atoms with Crippen LogP contribution in [0, 0.1) is 0 Å². The van der Waals surface area contributed by atoms with Crippen molar-refractivity contribution in [1.82, 2.24) is 4.90 Å². The number of benzene rings is 2. The largest absolute Gasteiger partial charge is 0.497 e. The first-order chi connectivity index (χ1) is 12.4. The molecule has 0 radical (unpaired) electrons. The fraction of sp³-hybridized carbons (Fsp3) is 0.263. The number of hydrogen-bond acceptors (Lipinski definition) is 4. The molecule has 7 heteroatoms. The molecule has 0 fully saturated rings. The molecule has 0 aliphatic heterocycles.